The van der Waals surface area contributed by atoms with Crippen molar-refractivity contribution in [3.8, 4) is 0 Å². The molecule has 0 unspecified atom stereocenters. The second kappa shape index (κ2) is 36.8. The quantitative estimate of drug-likeness (QED) is 0.0548. The number of aliphatic hydroxyl groups is 2. The van der Waals surface area contributed by atoms with Crippen molar-refractivity contribution in [1.82, 2.24) is 5.23 Å². The van der Waals surface area contributed by atoms with E-state index in [-0.39, 0.29) is 32.3 Å². The van der Waals surface area contributed by atoms with Gasteiger partial charge < -0.3 is 15.3 Å². The van der Waals surface area contributed by atoms with Crippen LogP contribution in [0.2, 0.25) is 0 Å². The Bertz CT molecular complexity index is 526. The summed E-state index contributed by atoms with van der Waals surface area (Å²) >= 11 is 0. The lowest BCUT2D eigenvalue weighted by Crippen LogP contribution is -2.33. The van der Waals surface area contributed by atoms with E-state index < -0.39 is 5.97 Å². The van der Waals surface area contributed by atoms with Crippen LogP contribution in [0.3, 0.4) is 0 Å². The van der Waals surface area contributed by atoms with Gasteiger partial charge in [-0.15, -0.1) is 0 Å². The number of hydroxylamine groups is 2. The zero-order chi connectivity index (χ0) is 30.7. The van der Waals surface area contributed by atoms with Crippen molar-refractivity contribution in [3.05, 3.63) is 0 Å². The topological polar surface area (TPSA) is 117 Å². The van der Waals surface area contributed by atoms with Crippen molar-refractivity contribution >= 4 is 11.9 Å². The lowest BCUT2D eigenvalue weighted by atomic mass is 10.0. The molecule has 0 aromatic carbocycles. The summed E-state index contributed by atoms with van der Waals surface area (Å²) in [6, 6.07) is 0. The Balaban J connectivity index is 0. The number of carboxylic acid groups (broad SMARTS) is 1. The maximum absolute atomic E-state index is 12.0. The van der Waals surface area contributed by atoms with Crippen molar-refractivity contribution in [3.63, 3.8) is 0 Å². The molecule has 0 saturated carbocycles. The number of amides is 1. The number of carbonyl (C=O) groups excluding carboxylic acids is 1. The highest BCUT2D eigenvalue weighted by Gasteiger charge is 2.15. The maximum Gasteiger partial charge on any atom is 0.303 e. The lowest BCUT2D eigenvalue weighted by Gasteiger charge is -2.19. The molecule has 8 nitrogen and oxygen atoms in total. The van der Waals surface area contributed by atoms with Gasteiger partial charge in [-0.25, -0.2) is 9.68 Å². The van der Waals surface area contributed by atoms with Gasteiger partial charge in [0.2, 0.25) is 0 Å². The summed E-state index contributed by atoms with van der Waals surface area (Å²) in [5.41, 5.74) is 0. The molecule has 0 spiro atoms. The van der Waals surface area contributed by atoms with Crippen LogP contribution in [0.15, 0.2) is 0 Å². The van der Waals surface area contributed by atoms with E-state index >= 15 is 0 Å². The molecule has 0 bridgehead atoms. The molecule has 0 rings (SSSR count). The highest BCUT2D eigenvalue weighted by atomic mass is 17.0. The van der Waals surface area contributed by atoms with Crippen LogP contribution in [-0.2, 0) is 19.3 Å². The molecule has 1 amide bonds. The van der Waals surface area contributed by atoms with Gasteiger partial charge in [0.05, 0.1) is 13.2 Å². The SMILES string of the molecule is CCCCCCCCCCCC(=O)O.CCCCCCCCCCCCCCCCC(=O)N(OCCO)OCCO. The third kappa shape index (κ3) is 36.8. The van der Waals surface area contributed by atoms with E-state index in [0.717, 1.165) is 37.3 Å². The van der Waals surface area contributed by atoms with Crippen molar-refractivity contribution in [1.29, 1.82) is 0 Å². The van der Waals surface area contributed by atoms with Gasteiger partial charge in [-0.3, -0.25) is 9.59 Å². The van der Waals surface area contributed by atoms with Gasteiger partial charge in [0, 0.05) is 12.8 Å². The molecule has 0 aliphatic heterocycles. The van der Waals surface area contributed by atoms with Crippen molar-refractivity contribution in [2.24, 2.45) is 0 Å². The Hall–Kier alpha value is -1.22. The number of rotatable bonds is 31. The standard InChI is InChI=1S/C21H43NO5.C12H24O2/c1-2-3-4-5-6-7-8-9-10-11-12-13-14-15-16-21(25)22(26-19-17-23)27-20-18-24;1-2-3-4-5-6-7-8-9-10-11-12(13)14/h23-24H,2-20H2,1H3;2-11H2,1H3,(H,13,14). The molecule has 0 saturated heterocycles. The summed E-state index contributed by atoms with van der Waals surface area (Å²) in [5.74, 6) is -0.927. The van der Waals surface area contributed by atoms with Crippen LogP contribution in [0.4, 0.5) is 0 Å². The summed E-state index contributed by atoms with van der Waals surface area (Å²) in [6.07, 6.45) is 29.7. The molecule has 0 atom stereocenters. The molecule has 0 radical (unpaired) electrons. The van der Waals surface area contributed by atoms with Gasteiger partial charge in [0.15, 0.2) is 0 Å². The first-order valence-corrected chi connectivity index (χ1v) is 17.1. The van der Waals surface area contributed by atoms with E-state index in [1.165, 1.54) is 116 Å². The fourth-order valence-corrected chi connectivity index (χ4v) is 4.58. The van der Waals surface area contributed by atoms with Crippen LogP contribution < -0.4 is 0 Å². The number of carbonyl (C=O) groups is 2. The molecule has 3 N–H and O–H groups in total. The molecular formula is C33H67NO7. The van der Waals surface area contributed by atoms with Crippen molar-refractivity contribution in [2.45, 2.75) is 174 Å². The van der Waals surface area contributed by atoms with E-state index in [1.807, 2.05) is 0 Å². The predicted octanol–water partition coefficient (Wildman–Crippen LogP) is 8.53. The highest BCUT2D eigenvalue weighted by Crippen LogP contribution is 2.14. The third-order valence-corrected chi connectivity index (χ3v) is 7.04. The summed E-state index contributed by atoms with van der Waals surface area (Å²) in [6.45, 7) is 4.10. The van der Waals surface area contributed by atoms with Crippen molar-refractivity contribution < 1.29 is 34.6 Å². The molecule has 0 aromatic heterocycles. The largest absolute Gasteiger partial charge is 0.481 e. The minimum Gasteiger partial charge on any atom is -0.481 e. The molecular weight excluding hydrogens is 522 g/mol. The van der Waals surface area contributed by atoms with Crippen LogP contribution in [-0.4, -0.2) is 58.9 Å². The minimum atomic E-state index is -0.659. The number of aliphatic hydroxyl groups excluding tert-OH is 2. The first-order valence-electron chi connectivity index (χ1n) is 17.1. The van der Waals surface area contributed by atoms with Gasteiger partial charge in [-0.2, -0.15) is 0 Å². The number of nitrogens with zero attached hydrogens (tertiary/aromatic N) is 1. The maximum atomic E-state index is 12.0. The lowest BCUT2D eigenvalue weighted by molar-refractivity contribution is -0.345. The van der Waals surface area contributed by atoms with E-state index in [9.17, 15) is 9.59 Å². The zero-order valence-corrected chi connectivity index (χ0v) is 26.9. The van der Waals surface area contributed by atoms with Crippen LogP contribution in [0.5, 0.6) is 0 Å². The van der Waals surface area contributed by atoms with Gasteiger partial charge in [-0.1, -0.05) is 154 Å². The second-order valence-corrected chi connectivity index (χ2v) is 11.1. The number of hydrogen-bond acceptors (Lipinski definition) is 6. The smallest absolute Gasteiger partial charge is 0.303 e. The first-order chi connectivity index (χ1) is 20.0. The van der Waals surface area contributed by atoms with E-state index in [2.05, 4.69) is 13.8 Å². The predicted molar refractivity (Wildman–Crippen MR) is 167 cm³/mol. The summed E-state index contributed by atoms with van der Waals surface area (Å²) in [7, 11) is 0. The van der Waals surface area contributed by atoms with Crippen LogP contribution >= 0.6 is 0 Å². The van der Waals surface area contributed by atoms with E-state index in [4.69, 9.17) is 25.0 Å². The van der Waals surface area contributed by atoms with Gasteiger partial charge in [-0.05, 0) is 12.8 Å². The Morgan fingerprint density at radius 3 is 1.07 bits per heavy atom. The minimum absolute atomic E-state index is 0.00406. The van der Waals surface area contributed by atoms with Crippen LogP contribution in [0.1, 0.15) is 174 Å². The monoisotopic (exact) mass is 589 g/mol. The molecule has 0 heterocycles. The normalized spacial score (nSPS) is 10.8. The van der Waals surface area contributed by atoms with Gasteiger partial charge in [0.25, 0.3) is 5.91 Å². The fraction of sp³-hybridized carbons (Fsp3) is 0.939. The number of carboxylic acids is 1. The molecule has 0 aliphatic carbocycles. The summed E-state index contributed by atoms with van der Waals surface area (Å²) in [5, 5.41) is 26.7. The first kappa shape index (κ1) is 41.9. The average molecular weight is 590 g/mol. The molecule has 0 fully saturated rings. The van der Waals surface area contributed by atoms with E-state index in [1.54, 1.807) is 0 Å². The number of hydrogen-bond donors (Lipinski definition) is 3. The molecule has 246 valence electrons. The van der Waals surface area contributed by atoms with Gasteiger partial charge in [0.1, 0.15) is 13.2 Å². The Morgan fingerprint density at radius 2 is 0.780 bits per heavy atom. The number of unbranched alkanes of at least 4 members (excludes halogenated alkanes) is 21. The second-order valence-electron chi connectivity index (χ2n) is 11.1. The fourth-order valence-electron chi connectivity index (χ4n) is 4.58. The Labute approximate surface area is 252 Å². The molecule has 41 heavy (non-hydrogen) atoms. The molecule has 8 heteroatoms. The summed E-state index contributed by atoms with van der Waals surface area (Å²) in [4.78, 5) is 32.2. The third-order valence-electron chi connectivity index (χ3n) is 7.04. The Morgan fingerprint density at radius 1 is 0.488 bits per heavy atom. The Kier molecular flexibility index (Phi) is 37.6. The van der Waals surface area contributed by atoms with Crippen LogP contribution in [0.25, 0.3) is 0 Å². The highest BCUT2D eigenvalue weighted by molar-refractivity contribution is 5.73. The zero-order valence-electron chi connectivity index (χ0n) is 26.9. The van der Waals surface area contributed by atoms with E-state index in [0.29, 0.717) is 12.8 Å². The van der Waals surface area contributed by atoms with Gasteiger partial charge >= 0.3 is 5.97 Å². The van der Waals surface area contributed by atoms with Crippen LogP contribution in [0, 0.1) is 0 Å². The molecule has 0 aromatic rings. The number of aliphatic carboxylic acids is 1. The van der Waals surface area contributed by atoms with Crippen molar-refractivity contribution in [2.75, 3.05) is 26.4 Å². The summed E-state index contributed by atoms with van der Waals surface area (Å²) < 4.78 is 0. The average Bonchev–Trinajstić information content (AvgIpc) is 2.96. The molecule has 0 aliphatic rings.